The number of aromatic nitrogens is 2. The molecule has 0 fully saturated rings. The maximum Gasteiger partial charge on any atom is 0.0521 e. The monoisotopic (exact) mass is 237 g/mol. The van der Waals surface area contributed by atoms with Gasteiger partial charge in [0.15, 0.2) is 0 Å². The van der Waals surface area contributed by atoms with Crippen molar-refractivity contribution in [1.29, 1.82) is 0 Å². The van der Waals surface area contributed by atoms with Crippen LogP contribution in [0.1, 0.15) is 51.5 Å². The van der Waals surface area contributed by atoms with Gasteiger partial charge < -0.3 is 5.32 Å². The summed E-state index contributed by atoms with van der Waals surface area (Å²) in [4.78, 5) is 0. The van der Waals surface area contributed by atoms with Gasteiger partial charge in [0.05, 0.1) is 6.20 Å². The Kier molecular flexibility index (Phi) is 6.94. The molecule has 0 aliphatic heterocycles. The molecule has 1 rings (SSSR count). The third kappa shape index (κ3) is 5.87. The SMILES string of the molecule is CCCC(CCCCc1cnn(C)c1)NCC. The molecule has 0 radical (unpaired) electrons. The minimum Gasteiger partial charge on any atom is -0.314 e. The van der Waals surface area contributed by atoms with Crippen LogP contribution in [0.2, 0.25) is 0 Å². The van der Waals surface area contributed by atoms with E-state index in [1.54, 1.807) is 0 Å². The lowest BCUT2D eigenvalue weighted by molar-refractivity contribution is 0.441. The molecule has 0 amide bonds. The molecule has 0 bridgehead atoms. The Morgan fingerprint density at radius 2 is 2.12 bits per heavy atom. The molecule has 1 atom stereocenters. The van der Waals surface area contributed by atoms with Gasteiger partial charge in [-0.3, -0.25) is 4.68 Å². The zero-order valence-corrected chi connectivity index (χ0v) is 11.6. The van der Waals surface area contributed by atoms with E-state index >= 15 is 0 Å². The summed E-state index contributed by atoms with van der Waals surface area (Å²) in [6.07, 6.45) is 11.7. The van der Waals surface area contributed by atoms with E-state index in [-0.39, 0.29) is 0 Å². The van der Waals surface area contributed by atoms with Gasteiger partial charge in [-0.15, -0.1) is 0 Å². The minimum atomic E-state index is 0.721. The fourth-order valence-electron chi connectivity index (χ4n) is 2.31. The highest BCUT2D eigenvalue weighted by molar-refractivity contribution is 5.03. The Balaban J connectivity index is 2.13. The van der Waals surface area contributed by atoms with E-state index in [0.717, 1.165) is 12.6 Å². The average Bonchev–Trinajstić information content (AvgIpc) is 2.71. The topological polar surface area (TPSA) is 29.9 Å². The van der Waals surface area contributed by atoms with Crippen LogP contribution < -0.4 is 5.32 Å². The normalized spacial score (nSPS) is 12.9. The molecule has 0 saturated carbocycles. The number of nitrogens with zero attached hydrogens (tertiary/aromatic N) is 2. The first-order chi connectivity index (χ1) is 8.26. The van der Waals surface area contributed by atoms with E-state index in [9.17, 15) is 0 Å². The molecule has 0 aliphatic rings. The highest BCUT2D eigenvalue weighted by atomic mass is 15.2. The highest BCUT2D eigenvalue weighted by Crippen LogP contribution is 2.10. The van der Waals surface area contributed by atoms with Crippen LogP contribution in [0.5, 0.6) is 0 Å². The van der Waals surface area contributed by atoms with Gasteiger partial charge in [-0.05, 0) is 37.8 Å². The number of rotatable bonds is 9. The zero-order valence-electron chi connectivity index (χ0n) is 11.6. The summed E-state index contributed by atoms with van der Waals surface area (Å²) in [6, 6.07) is 0.721. The van der Waals surface area contributed by atoms with Crippen molar-refractivity contribution in [3.8, 4) is 0 Å². The van der Waals surface area contributed by atoms with E-state index < -0.39 is 0 Å². The summed E-state index contributed by atoms with van der Waals surface area (Å²) < 4.78 is 1.88. The third-order valence-electron chi connectivity index (χ3n) is 3.16. The second-order valence-corrected chi connectivity index (χ2v) is 4.81. The van der Waals surface area contributed by atoms with Crippen LogP contribution in [0, 0.1) is 0 Å². The van der Waals surface area contributed by atoms with Gasteiger partial charge >= 0.3 is 0 Å². The van der Waals surface area contributed by atoms with Gasteiger partial charge in [-0.1, -0.05) is 26.7 Å². The lowest BCUT2D eigenvalue weighted by Crippen LogP contribution is -2.28. The number of nitrogens with one attached hydrogen (secondary N) is 1. The van der Waals surface area contributed by atoms with Crippen LogP contribution in [0.25, 0.3) is 0 Å². The van der Waals surface area contributed by atoms with Gasteiger partial charge in [0.1, 0.15) is 0 Å². The van der Waals surface area contributed by atoms with Crippen LogP contribution in [0.4, 0.5) is 0 Å². The molecule has 1 aromatic rings. The van der Waals surface area contributed by atoms with E-state index in [1.807, 2.05) is 17.9 Å². The zero-order chi connectivity index (χ0) is 12.5. The number of aryl methyl sites for hydroxylation is 2. The second kappa shape index (κ2) is 8.29. The Hall–Kier alpha value is -0.830. The molecule has 1 heterocycles. The van der Waals surface area contributed by atoms with E-state index in [4.69, 9.17) is 0 Å². The van der Waals surface area contributed by atoms with E-state index in [0.29, 0.717) is 0 Å². The lowest BCUT2D eigenvalue weighted by atomic mass is 10.0. The first-order valence-electron chi connectivity index (χ1n) is 6.97. The van der Waals surface area contributed by atoms with E-state index in [1.165, 1.54) is 44.1 Å². The number of hydrogen-bond acceptors (Lipinski definition) is 2. The van der Waals surface area contributed by atoms with Crippen LogP contribution >= 0.6 is 0 Å². The molecular weight excluding hydrogens is 210 g/mol. The molecule has 17 heavy (non-hydrogen) atoms. The lowest BCUT2D eigenvalue weighted by Gasteiger charge is -2.16. The fourth-order valence-corrected chi connectivity index (χ4v) is 2.31. The highest BCUT2D eigenvalue weighted by Gasteiger charge is 2.05. The van der Waals surface area contributed by atoms with Crippen LogP contribution in [0.3, 0.4) is 0 Å². The van der Waals surface area contributed by atoms with Crippen molar-refractivity contribution in [2.24, 2.45) is 7.05 Å². The molecular formula is C14H27N3. The van der Waals surface area contributed by atoms with Gasteiger partial charge in [0.25, 0.3) is 0 Å². The summed E-state index contributed by atoms with van der Waals surface area (Å²) in [5.41, 5.74) is 1.36. The molecule has 0 saturated heterocycles. The molecule has 0 spiro atoms. The summed E-state index contributed by atoms with van der Waals surface area (Å²) in [5, 5.41) is 7.76. The molecule has 1 aromatic heterocycles. The third-order valence-corrected chi connectivity index (χ3v) is 3.16. The maximum absolute atomic E-state index is 4.19. The fraction of sp³-hybridized carbons (Fsp3) is 0.786. The summed E-state index contributed by atoms with van der Waals surface area (Å²) >= 11 is 0. The number of hydrogen-bond donors (Lipinski definition) is 1. The molecule has 0 aromatic carbocycles. The van der Waals surface area contributed by atoms with Gasteiger partial charge in [0.2, 0.25) is 0 Å². The van der Waals surface area contributed by atoms with Gasteiger partial charge in [-0.25, -0.2) is 0 Å². The summed E-state index contributed by atoms with van der Waals surface area (Å²) in [5.74, 6) is 0. The maximum atomic E-state index is 4.19. The summed E-state index contributed by atoms with van der Waals surface area (Å²) in [6.45, 7) is 5.55. The standard InChI is InChI=1S/C14H27N3/c1-4-8-14(15-5-2)10-7-6-9-13-11-16-17(3)12-13/h11-12,14-15H,4-10H2,1-3H3. The molecule has 1 unspecified atom stereocenters. The predicted octanol–water partition coefficient (Wildman–Crippen LogP) is 2.91. The van der Waals surface area contributed by atoms with Crippen molar-refractivity contribution in [3.63, 3.8) is 0 Å². The van der Waals surface area contributed by atoms with E-state index in [2.05, 4.69) is 30.5 Å². The van der Waals surface area contributed by atoms with Crippen molar-refractivity contribution in [2.75, 3.05) is 6.54 Å². The smallest absolute Gasteiger partial charge is 0.0521 e. The molecule has 98 valence electrons. The molecule has 1 N–H and O–H groups in total. The second-order valence-electron chi connectivity index (χ2n) is 4.81. The summed E-state index contributed by atoms with van der Waals surface area (Å²) in [7, 11) is 1.98. The average molecular weight is 237 g/mol. The minimum absolute atomic E-state index is 0.721. The van der Waals surface area contributed by atoms with Crippen molar-refractivity contribution >= 4 is 0 Å². The van der Waals surface area contributed by atoms with Crippen molar-refractivity contribution in [2.45, 2.75) is 58.4 Å². The van der Waals surface area contributed by atoms with Crippen molar-refractivity contribution in [1.82, 2.24) is 15.1 Å². The molecule has 3 heteroatoms. The van der Waals surface area contributed by atoms with Crippen LogP contribution in [-0.4, -0.2) is 22.4 Å². The Bertz CT molecular complexity index is 287. The van der Waals surface area contributed by atoms with Gasteiger partial charge in [0, 0.05) is 19.3 Å². The Morgan fingerprint density at radius 3 is 2.71 bits per heavy atom. The van der Waals surface area contributed by atoms with Crippen LogP contribution in [-0.2, 0) is 13.5 Å². The number of unbranched alkanes of at least 4 members (excludes halogenated alkanes) is 1. The quantitative estimate of drug-likeness (QED) is 0.669. The van der Waals surface area contributed by atoms with Crippen molar-refractivity contribution in [3.05, 3.63) is 18.0 Å². The van der Waals surface area contributed by atoms with Crippen LogP contribution in [0.15, 0.2) is 12.4 Å². The first-order valence-corrected chi connectivity index (χ1v) is 6.97. The first kappa shape index (κ1) is 14.2. The Labute approximate surface area is 106 Å². The Morgan fingerprint density at radius 1 is 1.29 bits per heavy atom. The molecule has 0 aliphatic carbocycles. The largest absolute Gasteiger partial charge is 0.314 e. The molecule has 3 nitrogen and oxygen atoms in total. The van der Waals surface area contributed by atoms with Crippen molar-refractivity contribution < 1.29 is 0 Å². The van der Waals surface area contributed by atoms with Gasteiger partial charge in [-0.2, -0.15) is 5.10 Å². The predicted molar refractivity (Wildman–Crippen MR) is 73.1 cm³/mol.